The molecule has 2 aromatic carbocycles. The minimum Gasteiger partial charge on any atom is -0.495 e. The van der Waals surface area contributed by atoms with Gasteiger partial charge in [-0.1, -0.05) is 30.3 Å². The number of nitrogens with zero attached hydrogens (tertiary/aromatic N) is 2. The molecule has 1 atom stereocenters. The van der Waals surface area contributed by atoms with Crippen LogP contribution in [-0.2, 0) is 0 Å². The first-order valence-corrected chi connectivity index (χ1v) is 9.02. The summed E-state index contributed by atoms with van der Waals surface area (Å²) in [6, 6.07) is 17.6. The predicted molar refractivity (Wildman–Crippen MR) is 99.2 cm³/mol. The van der Waals surface area contributed by atoms with Crippen LogP contribution < -0.4 is 9.64 Å². The van der Waals surface area contributed by atoms with Crippen LogP contribution in [0.2, 0.25) is 0 Å². The molecule has 3 heterocycles. The molecule has 0 spiro atoms. The number of rotatable bonds is 4. The number of ether oxygens (including phenoxy) is 1. The van der Waals surface area contributed by atoms with Gasteiger partial charge >= 0.3 is 0 Å². The number of hydrogen-bond donors (Lipinski definition) is 0. The van der Waals surface area contributed by atoms with E-state index < -0.39 is 0 Å². The fourth-order valence-electron chi connectivity index (χ4n) is 4.21. The molecule has 0 aromatic heterocycles. The molecule has 0 N–H and O–H groups in total. The first-order chi connectivity index (χ1) is 12.3. The molecule has 0 aliphatic carbocycles. The van der Waals surface area contributed by atoms with Gasteiger partial charge in [-0.2, -0.15) is 0 Å². The largest absolute Gasteiger partial charge is 0.495 e. The second kappa shape index (κ2) is 6.89. The van der Waals surface area contributed by atoms with Crippen molar-refractivity contribution in [2.45, 2.75) is 18.9 Å². The van der Waals surface area contributed by atoms with Gasteiger partial charge in [0.25, 0.3) is 5.91 Å². The van der Waals surface area contributed by atoms with E-state index in [1.165, 1.54) is 12.8 Å². The van der Waals surface area contributed by atoms with E-state index in [-0.39, 0.29) is 11.9 Å². The van der Waals surface area contributed by atoms with Crippen molar-refractivity contribution in [3.05, 3.63) is 60.2 Å². The minimum absolute atomic E-state index is 0.0591. The van der Waals surface area contributed by atoms with Crippen molar-refractivity contribution in [3.8, 4) is 5.75 Å². The van der Waals surface area contributed by atoms with Crippen LogP contribution >= 0.6 is 0 Å². The number of fused-ring (bicyclic) bond motifs is 3. The SMILES string of the molecule is COc1ccccc1N(C(=O)c1ccccc1)[C@H]1CN2CCC1CC2. The molecule has 0 radical (unpaired) electrons. The predicted octanol–water partition coefficient (Wildman–Crippen LogP) is 3.44. The lowest BCUT2D eigenvalue weighted by Crippen LogP contribution is -2.59. The number of para-hydroxylation sites is 2. The van der Waals surface area contributed by atoms with Gasteiger partial charge in [0.15, 0.2) is 0 Å². The molecule has 3 aliphatic rings. The Morgan fingerprint density at radius 2 is 1.72 bits per heavy atom. The van der Waals surface area contributed by atoms with Gasteiger partial charge in [-0.3, -0.25) is 4.79 Å². The number of methoxy groups -OCH3 is 1. The Balaban J connectivity index is 1.77. The van der Waals surface area contributed by atoms with Gasteiger partial charge in [0.1, 0.15) is 5.75 Å². The molecule has 4 heteroatoms. The van der Waals surface area contributed by atoms with Crippen molar-refractivity contribution >= 4 is 11.6 Å². The summed E-state index contributed by atoms with van der Waals surface area (Å²) in [7, 11) is 1.67. The Labute approximate surface area is 149 Å². The van der Waals surface area contributed by atoms with Gasteiger partial charge in [-0.25, -0.2) is 0 Å². The Morgan fingerprint density at radius 1 is 1.04 bits per heavy atom. The molecule has 25 heavy (non-hydrogen) atoms. The number of carbonyl (C=O) groups excluding carboxylic acids is 1. The summed E-state index contributed by atoms with van der Waals surface area (Å²) in [6.45, 7) is 3.25. The number of amides is 1. The Bertz CT molecular complexity index is 739. The highest BCUT2D eigenvalue weighted by Crippen LogP contribution is 2.38. The van der Waals surface area contributed by atoms with Gasteiger partial charge in [0.2, 0.25) is 0 Å². The highest BCUT2D eigenvalue weighted by Gasteiger charge is 2.40. The molecule has 5 rings (SSSR count). The normalized spacial score (nSPS) is 24.8. The van der Waals surface area contributed by atoms with Crippen LogP contribution in [0.25, 0.3) is 0 Å². The van der Waals surface area contributed by atoms with E-state index in [1.54, 1.807) is 7.11 Å². The lowest BCUT2D eigenvalue weighted by Gasteiger charge is -2.49. The number of hydrogen-bond acceptors (Lipinski definition) is 3. The monoisotopic (exact) mass is 336 g/mol. The van der Waals surface area contributed by atoms with E-state index in [9.17, 15) is 4.79 Å². The zero-order chi connectivity index (χ0) is 17.2. The van der Waals surface area contributed by atoms with Crippen molar-refractivity contribution < 1.29 is 9.53 Å². The van der Waals surface area contributed by atoms with Crippen molar-refractivity contribution in [2.24, 2.45) is 5.92 Å². The molecular formula is C21H24N2O2. The van der Waals surface area contributed by atoms with E-state index in [1.807, 2.05) is 59.5 Å². The summed E-state index contributed by atoms with van der Waals surface area (Å²) >= 11 is 0. The number of benzene rings is 2. The van der Waals surface area contributed by atoms with Gasteiger partial charge in [-0.15, -0.1) is 0 Å². The molecule has 2 bridgehead atoms. The number of piperidine rings is 3. The molecule has 3 fully saturated rings. The number of carbonyl (C=O) groups is 1. The third-order valence-corrected chi connectivity index (χ3v) is 5.54. The Kier molecular flexibility index (Phi) is 4.45. The maximum atomic E-state index is 13.4. The zero-order valence-corrected chi connectivity index (χ0v) is 14.6. The third kappa shape index (κ3) is 3.02. The van der Waals surface area contributed by atoms with Crippen LogP contribution in [0, 0.1) is 5.92 Å². The van der Waals surface area contributed by atoms with Crippen LogP contribution in [0.5, 0.6) is 5.75 Å². The van der Waals surface area contributed by atoms with E-state index in [4.69, 9.17) is 4.74 Å². The lowest BCUT2D eigenvalue weighted by atomic mass is 9.82. The molecule has 4 nitrogen and oxygen atoms in total. The maximum Gasteiger partial charge on any atom is 0.258 e. The molecular weight excluding hydrogens is 312 g/mol. The van der Waals surface area contributed by atoms with E-state index in [0.717, 1.165) is 36.6 Å². The zero-order valence-electron chi connectivity index (χ0n) is 14.6. The molecule has 0 unspecified atom stereocenters. The van der Waals surface area contributed by atoms with Gasteiger partial charge in [0, 0.05) is 12.1 Å². The molecule has 3 aliphatic heterocycles. The van der Waals surface area contributed by atoms with Gasteiger partial charge in [-0.05, 0) is 56.1 Å². The van der Waals surface area contributed by atoms with Gasteiger partial charge < -0.3 is 14.5 Å². The van der Waals surface area contributed by atoms with Gasteiger partial charge in [0.05, 0.1) is 18.8 Å². The summed E-state index contributed by atoms with van der Waals surface area (Å²) < 4.78 is 5.58. The first kappa shape index (κ1) is 16.2. The highest BCUT2D eigenvalue weighted by molar-refractivity contribution is 6.07. The summed E-state index contributed by atoms with van der Waals surface area (Å²) in [5, 5.41) is 0. The lowest BCUT2D eigenvalue weighted by molar-refractivity contribution is 0.0732. The molecule has 1 amide bonds. The third-order valence-electron chi connectivity index (χ3n) is 5.54. The van der Waals surface area contributed by atoms with Crippen LogP contribution in [0.15, 0.2) is 54.6 Å². The topological polar surface area (TPSA) is 32.8 Å². The molecule has 3 saturated heterocycles. The average molecular weight is 336 g/mol. The summed E-state index contributed by atoms with van der Waals surface area (Å²) in [5.41, 5.74) is 1.60. The average Bonchev–Trinajstić information content (AvgIpc) is 2.70. The Morgan fingerprint density at radius 3 is 2.36 bits per heavy atom. The fraction of sp³-hybridized carbons (Fsp3) is 0.381. The van der Waals surface area contributed by atoms with E-state index >= 15 is 0 Å². The van der Waals surface area contributed by atoms with Crippen LogP contribution in [0.1, 0.15) is 23.2 Å². The highest BCUT2D eigenvalue weighted by atomic mass is 16.5. The summed E-state index contributed by atoms with van der Waals surface area (Å²) in [4.78, 5) is 17.9. The summed E-state index contributed by atoms with van der Waals surface area (Å²) in [5.74, 6) is 1.37. The van der Waals surface area contributed by atoms with Crippen LogP contribution in [0.4, 0.5) is 5.69 Å². The van der Waals surface area contributed by atoms with Crippen molar-refractivity contribution in [3.63, 3.8) is 0 Å². The standard InChI is InChI=1S/C21H24N2O2/c1-25-20-10-6-5-9-18(20)23(21(24)17-7-3-2-4-8-17)19-15-22-13-11-16(19)12-14-22/h2-10,16,19H,11-15H2,1H3/t19-/m0/s1. The van der Waals surface area contributed by atoms with Crippen molar-refractivity contribution in [1.29, 1.82) is 0 Å². The first-order valence-electron chi connectivity index (χ1n) is 9.02. The van der Waals surface area contributed by atoms with Crippen molar-refractivity contribution in [2.75, 3.05) is 31.6 Å². The molecule has 0 saturated carbocycles. The van der Waals surface area contributed by atoms with Crippen LogP contribution in [0.3, 0.4) is 0 Å². The fourth-order valence-corrected chi connectivity index (χ4v) is 4.21. The van der Waals surface area contributed by atoms with E-state index in [2.05, 4.69) is 4.90 Å². The molecule has 2 aromatic rings. The summed E-state index contributed by atoms with van der Waals surface area (Å²) in [6.07, 6.45) is 2.33. The second-order valence-corrected chi connectivity index (χ2v) is 6.92. The van der Waals surface area contributed by atoms with E-state index in [0.29, 0.717) is 5.92 Å². The van der Waals surface area contributed by atoms with Crippen LogP contribution in [-0.4, -0.2) is 43.6 Å². The number of anilines is 1. The minimum atomic E-state index is 0.0591. The smallest absolute Gasteiger partial charge is 0.258 e. The molecule has 130 valence electrons. The quantitative estimate of drug-likeness (QED) is 0.857. The van der Waals surface area contributed by atoms with Crippen molar-refractivity contribution in [1.82, 2.24) is 4.90 Å². The Hall–Kier alpha value is -2.33. The maximum absolute atomic E-state index is 13.4. The second-order valence-electron chi connectivity index (χ2n) is 6.92.